The first kappa shape index (κ1) is 25.7. The van der Waals surface area contributed by atoms with Crippen LogP contribution < -0.4 is 0 Å². The lowest BCUT2D eigenvalue weighted by molar-refractivity contribution is -0.314. The highest BCUT2D eigenvalue weighted by Gasteiger charge is 2.59. The number of hydrogen-bond donors (Lipinski definition) is 0. The fourth-order valence-corrected chi connectivity index (χ4v) is 2.45. The van der Waals surface area contributed by atoms with E-state index in [1.807, 2.05) is 0 Å². The number of carbonyl (C=O) groups is 3. The van der Waals surface area contributed by atoms with Gasteiger partial charge in [0.05, 0.1) is 6.10 Å². The fourth-order valence-electron chi connectivity index (χ4n) is 2.45. The van der Waals surface area contributed by atoms with Crippen molar-refractivity contribution in [2.45, 2.75) is 63.3 Å². The Balaban J connectivity index is 2.34. The normalized spacial score (nSPS) is 19.9. The highest BCUT2D eigenvalue weighted by atomic mass is 19.4. The quantitative estimate of drug-likeness (QED) is 0.243. The zero-order valence-electron chi connectivity index (χ0n) is 15.8. The lowest BCUT2D eigenvalue weighted by atomic mass is 9.95. The molecule has 172 valence electrons. The van der Waals surface area contributed by atoms with E-state index in [0.29, 0.717) is 0 Å². The molecule has 1 aliphatic carbocycles. The molecule has 0 unspecified atom stereocenters. The Bertz CT molecular complexity index is 621. The van der Waals surface area contributed by atoms with E-state index in [-0.39, 0.29) is 31.3 Å². The van der Waals surface area contributed by atoms with E-state index >= 15 is 0 Å². The van der Waals surface area contributed by atoms with Gasteiger partial charge in [-0.1, -0.05) is 6.58 Å². The van der Waals surface area contributed by atoms with Gasteiger partial charge in [0, 0.05) is 5.57 Å². The first-order valence-electron chi connectivity index (χ1n) is 8.66. The smallest absolute Gasteiger partial charge is 0.434 e. The molecule has 0 aromatic rings. The molecule has 0 radical (unpaired) electrons. The molecule has 7 nitrogen and oxygen atoms in total. The average molecular weight is 450 g/mol. The molecular weight excluding hydrogens is 430 g/mol. The van der Waals surface area contributed by atoms with Crippen molar-refractivity contribution in [3.63, 3.8) is 0 Å². The van der Waals surface area contributed by atoms with Gasteiger partial charge in [-0.05, 0) is 32.6 Å². The van der Waals surface area contributed by atoms with Crippen molar-refractivity contribution in [1.29, 1.82) is 0 Å². The topological polar surface area (TPSA) is 88.1 Å². The minimum Gasteiger partial charge on any atom is -0.460 e. The highest BCUT2D eigenvalue weighted by molar-refractivity contribution is 5.88. The van der Waals surface area contributed by atoms with Crippen molar-refractivity contribution in [2.75, 3.05) is 13.2 Å². The Morgan fingerprint density at radius 2 is 1.40 bits per heavy atom. The van der Waals surface area contributed by atoms with E-state index < -0.39 is 61.8 Å². The molecule has 0 spiro atoms. The number of halogens is 6. The van der Waals surface area contributed by atoms with Crippen LogP contribution in [0.25, 0.3) is 0 Å². The van der Waals surface area contributed by atoms with Crippen LogP contribution in [-0.2, 0) is 33.3 Å². The summed E-state index contributed by atoms with van der Waals surface area (Å²) in [6.07, 6.45) is -16.0. The van der Waals surface area contributed by atoms with Crippen LogP contribution in [-0.4, -0.2) is 61.8 Å². The zero-order chi connectivity index (χ0) is 23.1. The second-order valence-corrected chi connectivity index (χ2v) is 6.51. The monoisotopic (exact) mass is 450 g/mol. The summed E-state index contributed by atoms with van der Waals surface area (Å²) in [7, 11) is 0. The number of alkyl halides is 6. The second-order valence-electron chi connectivity index (χ2n) is 6.51. The summed E-state index contributed by atoms with van der Waals surface area (Å²) in [5, 5.41) is 0. The molecule has 1 rings (SSSR count). The van der Waals surface area contributed by atoms with Crippen molar-refractivity contribution in [1.82, 2.24) is 0 Å². The minimum absolute atomic E-state index is 0.107. The van der Waals surface area contributed by atoms with E-state index in [1.165, 1.54) is 6.92 Å². The molecular formula is C17H20F6O7. The van der Waals surface area contributed by atoms with E-state index in [9.17, 15) is 40.7 Å². The fraction of sp³-hybridized carbons (Fsp3) is 0.706. The lowest BCUT2D eigenvalue weighted by Crippen LogP contribution is -2.46. The Kier molecular flexibility index (Phi) is 9.12. The van der Waals surface area contributed by atoms with Gasteiger partial charge in [0.25, 0.3) is 6.10 Å². The summed E-state index contributed by atoms with van der Waals surface area (Å²) < 4.78 is 92.3. The molecule has 30 heavy (non-hydrogen) atoms. The van der Waals surface area contributed by atoms with Gasteiger partial charge in [-0.25, -0.2) is 14.4 Å². The summed E-state index contributed by atoms with van der Waals surface area (Å²) in [5.74, 6) is -3.35. The zero-order valence-corrected chi connectivity index (χ0v) is 15.8. The van der Waals surface area contributed by atoms with Gasteiger partial charge in [0.1, 0.15) is 12.7 Å². The van der Waals surface area contributed by atoms with E-state index in [0.717, 1.165) is 0 Å². The molecule has 0 heterocycles. The Labute approximate surface area is 167 Å². The van der Waals surface area contributed by atoms with Gasteiger partial charge in [-0.3, -0.25) is 0 Å². The van der Waals surface area contributed by atoms with Crippen LogP contribution in [0.5, 0.6) is 0 Å². The lowest BCUT2D eigenvalue weighted by Gasteiger charge is -2.28. The maximum atomic E-state index is 12.3. The van der Waals surface area contributed by atoms with Gasteiger partial charge in [-0.2, -0.15) is 26.3 Å². The molecule has 0 aromatic carbocycles. The molecule has 0 aromatic heterocycles. The van der Waals surface area contributed by atoms with Crippen molar-refractivity contribution in [3.05, 3.63) is 12.2 Å². The Morgan fingerprint density at radius 3 is 1.87 bits per heavy atom. The van der Waals surface area contributed by atoms with Gasteiger partial charge < -0.3 is 18.9 Å². The molecule has 13 heteroatoms. The average Bonchev–Trinajstić information content (AvgIpc) is 2.61. The van der Waals surface area contributed by atoms with Crippen molar-refractivity contribution >= 4 is 17.9 Å². The Hall–Kier alpha value is -2.31. The number of esters is 3. The van der Waals surface area contributed by atoms with E-state index in [2.05, 4.69) is 16.1 Å². The van der Waals surface area contributed by atoms with Gasteiger partial charge in [0.2, 0.25) is 0 Å². The molecule has 0 atom stereocenters. The van der Waals surface area contributed by atoms with Crippen LogP contribution in [0.4, 0.5) is 26.3 Å². The third kappa shape index (κ3) is 9.01. The van der Waals surface area contributed by atoms with Crippen molar-refractivity contribution < 1.29 is 59.7 Å². The van der Waals surface area contributed by atoms with Gasteiger partial charge in [-0.15, -0.1) is 0 Å². The van der Waals surface area contributed by atoms with Crippen LogP contribution in [0.3, 0.4) is 0 Å². The second kappa shape index (κ2) is 10.6. The molecule has 0 amide bonds. The third-order valence-corrected chi connectivity index (χ3v) is 3.87. The molecule has 0 saturated heterocycles. The molecule has 0 bridgehead atoms. The van der Waals surface area contributed by atoms with Crippen LogP contribution >= 0.6 is 0 Å². The van der Waals surface area contributed by atoms with Crippen LogP contribution in [0.15, 0.2) is 12.2 Å². The number of ether oxygens (including phenoxy) is 4. The van der Waals surface area contributed by atoms with Gasteiger partial charge in [0.15, 0.2) is 6.61 Å². The minimum atomic E-state index is -5.80. The standard InChI is InChI=1S/C17H20F6O7/c1-9(2)14(26)28-8-12(24)29-11-5-3-10(4-6-11)27-7-13(25)30-15(16(18,19)20)17(21,22)23/h10-11,15H,1,3-8H2,2H3. The maximum Gasteiger partial charge on any atom is 0.434 e. The predicted octanol–water partition coefficient (Wildman–Crippen LogP) is 3.01. The highest BCUT2D eigenvalue weighted by Crippen LogP contribution is 2.35. The molecule has 1 fully saturated rings. The maximum absolute atomic E-state index is 12.3. The van der Waals surface area contributed by atoms with Crippen molar-refractivity contribution in [3.8, 4) is 0 Å². The van der Waals surface area contributed by atoms with E-state index in [4.69, 9.17) is 9.47 Å². The summed E-state index contributed by atoms with van der Waals surface area (Å²) in [5.41, 5.74) is 0.107. The molecule has 1 saturated carbocycles. The van der Waals surface area contributed by atoms with Crippen LogP contribution in [0, 0.1) is 0 Å². The summed E-state index contributed by atoms with van der Waals surface area (Å²) in [4.78, 5) is 34.1. The van der Waals surface area contributed by atoms with Crippen LogP contribution in [0.1, 0.15) is 32.6 Å². The number of rotatable bonds is 8. The first-order valence-corrected chi connectivity index (χ1v) is 8.66. The summed E-state index contributed by atoms with van der Waals surface area (Å²) >= 11 is 0. The summed E-state index contributed by atoms with van der Waals surface area (Å²) in [6, 6.07) is 0. The van der Waals surface area contributed by atoms with Gasteiger partial charge >= 0.3 is 30.3 Å². The number of hydrogen-bond acceptors (Lipinski definition) is 7. The molecule has 0 N–H and O–H groups in total. The first-order chi connectivity index (χ1) is 13.7. The Morgan fingerprint density at radius 1 is 0.900 bits per heavy atom. The molecule has 1 aliphatic rings. The van der Waals surface area contributed by atoms with Crippen molar-refractivity contribution in [2.24, 2.45) is 0 Å². The summed E-state index contributed by atoms with van der Waals surface area (Å²) in [6.45, 7) is 3.05. The number of carbonyl (C=O) groups excluding carboxylic acids is 3. The molecule has 0 aliphatic heterocycles. The third-order valence-electron chi connectivity index (χ3n) is 3.87. The van der Waals surface area contributed by atoms with Crippen LogP contribution in [0.2, 0.25) is 0 Å². The van der Waals surface area contributed by atoms with E-state index in [1.54, 1.807) is 0 Å². The SMILES string of the molecule is C=C(C)C(=O)OCC(=O)OC1CCC(OCC(=O)OC(C(F)(F)F)C(F)(F)F)CC1. The largest absolute Gasteiger partial charge is 0.460 e. The predicted molar refractivity (Wildman–Crippen MR) is 85.9 cm³/mol.